The quantitative estimate of drug-likeness (QED) is 0.846. The Hall–Kier alpha value is -1.83. The Morgan fingerprint density at radius 3 is 2.61 bits per heavy atom. The summed E-state index contributed by atoms with van der Waals surface area (Å²) in [5.74, 6) is 1.97. The summed E-state index contributed by atoms with van der Waals surface area (Å²) < 4.78 is 0. The normalized spacial score (nSPS) is 24.8. The molecule has 0 aliphatic heterocycles. The van der Waals surface area contributed by atoms with E-state index in [1.807, 2.05) is 30.3 Å². The lowest BCUT2D eigenvalue weighted by atomic mass is 9.74. The van der Waals surface area contributed by atoms with Crippen LogP contribution in [0, 0.1) is 17.8 Å². The van der Waals surface area contributed by atoms with E-state index in [-0.39, 0.29) is 5.91 Å². The van der Waals surface area contributed by atoms with Gasteiger partial charge in [-0.1, -0.05) is 63.6 Å². The zero-order valence-electron chi connectivity index (χ0n) is 14.4. The molecule has 1 saturated carbocycles. The molecule has 0 bridgehead atoms. The van der Waals surface area contributed by atoms with Crippen LogP contribution in [0.15, 0.2) is 42.5 Å². The first-order valence-corrected chi connectivity index (χ1v) is 8.85. The Labute approximate surface area is 139 Å². The molecule has 0 radical (unpaired) electrons. The molecule has 0 unspecified atom stereocenters. The molecule has 1 fully saturated rings. The first kappa shape index (κ1) is 16.0. The lowest BCUT2D eigenvalue weighted by Crippen LogP contribution is -2.45. The van der Waals surface area contributed by atoms with Crippen LogP contribution in [0.1, 0.15) is 50.4 Å². The lowest BCUT2D eigenvalue weighted by Gasteiger charge is -2.37. The van der Waals surface area contributed by atoms with Gasteiger partial charge in [0.15, 0.2) is 0 Å². The molecule has 23 heavy (non-hydrogen) atoms. The van der Waals surface area contributed by atoms with Crippen molar-refractivity contribution in [3.05, 3.63) is 48.0 Å². The maximum atomic E-state index is 12.9. The summed E-state index contributed by atoms with van der Waals surface area (Å²) in [4.78, 5) is 12.9. The standard InChI is InChI=1S/C21H27NO/c1-14(2)17-12-11-15(3)13-20(17)22-21(23)19-10-6-8-16-7-4-5-9-18(16)19/h4-10,14-15,17,20H,11-13H2,1-3H3,(H,22,23)/t15-,17-,20+/m0/s1. The number of carbonyl (C=O) groups is 1. The van der Waals surface area contributed by atoms with E-state index >= 15 is 0 Å². The molecule has 2 nitrogen and oxygen atoms in total. The molecule has 1 amide bonds. The zero-order valence-corrected chi connectivity index (χ0v) is 14.4. The van der Waals surface area contributed by atoms with E-state index in [1.54, 1.807) is 0 Å². The van der Waals surface area contributed by atoms with Crippen molar-refractivity contribution >= 4 is 16.7 Å². The van der Waals surface area contributed by atoms with Crippen molar-refractivity contribution in [3.8, 4) is 0 Å². The number of fused-ring (bicyclic) bond motifs is 1. The van der Waals surface area contributed by atoms with Gasteiger partial charge in [0.25, 0.3) is 5.91 Å². The number of nitrogens with one attached hydrogen (secondary N) is 1. The highest BCUT2D eigenvalue weighted by Crippen LogP contribution is 2.33. The Bertz CT molecular complexity index is 686. The summed E-state index contributed by atoms with van der Waals surface area (Å²) in [5, 5.41) is 5.51. The molecule has 1 aliphatic rings. The number of carbonyl (C=O) groups excluding carboxylic acids is 1. The fraction of sp³-hybridized carbons (Fsp3) is 0.476. The van der Waals surface area contributed by atoms with Gasteiger partial charge in [-0.05, 0) is 47.4 Å². The fourth-order valence-electron chi connectivity index (χ4n) is 4.04. The third-order valence-electron chi connectivity index (χ3n) is 5.37. The molecule has 1 aliphatic carbocycles. The molecule has 0 aromatic heterocycles. The second kappa shape index (κ2) is 6.74. The highest BCUT2D eigenvalue weighted by atomic mass is 16.1. The number of amides is 1. The van der Waals surface area contributed by atoms with Crippen molar-refractivity contribution in [1.82, 2.24) is 5.32 Å². The van der Waals surface area contributed by atoms with Crippen molar-refractivity contribution in [1.29, 1.82) is 0 Å². The number of benzene rings is 2. The van der Waals surface area contributed by atoms with E-state index in [0.29, 0.717) is 23.8 Å². The summed E-state index contributed by atoms with van der Waals surface area (Å²) in [6.45, 7) is 6.85. The minimum Gasteiger partial charge on any atom is -0.349 e. The van der Waals surface area contributed by atoms with Gasteiger partial charge in [0.05, 0.1) is 0 Å². The Kier molecular flexibility index (Phi) is 4.70. The molecule has 2 heteroatoms. The number of hydrogen-bond donors (Lipinski definition) is 1. The van der Waals surface area contributed by atoms with Crippen LogP contribution in [-0.4, -0.2) is 11.9 Å². The van der Waals surface area contributed by atoms with Crippen LogP contribution >= 0.6 is 0 Å². The first-order chi connectivity index (χ1) is 11.1. The van der Waals surface area contributed by atoms with Crippen LogP contribution in [0.5, 0.6) is 0 Å². The SMILES string of the molecule is CC(C)[C@@H]1CC[C@H](C)C[C@H]1NC(=O)c1cccc2ccccc12. The van der Waals surface area contributed by atoms with E-state index in [0.717, 1.165) is 22.8 Å². The fourth-order valence-corrected chi connectivity index (χ4v) is 4.04. The smallest absolute Gasteiger partial charge is 0.252 e. The topological polar surface area (TPSA) is 29.1 Å². The average molecular weight is 309 g/mol. The van der Waals surface area contributed by atoms with Crippen LogP contribution in [0.4, 0.5) is 0 Å². The minimum absolute atomic E-state index is 0.0755. The molecule has 3 rings (SSSR count). The molecule has 0 saturated heterocycles. The van der Waals surface area contributed by atoms with Gasteiger partial charge in [-0.25, -0.2) is 0 Å². The summed E-state index contributed by atoms with van der Waals surface area (Å²) in [7, 11) is 0. The molecule has 0 heterocycles. The van der Waals surface area contributed by atoms with E-state index in [4.69, 9.17) is 0 Å². The summed E-state index contributed by atoms with van der Waals surface area (Å²) in [5.41, 5.74) is 0.795. The minimum atomic E-state index is 0.0755. The predicted octanol–water partition coefficient (Wildman–Crippen LogP) is 5.03. The Balaban J connectivity index is 1.84. The van der Waals surface area contributed by atoms with Crippen LogP contribution < -0.4 is 5.32 Å². The van der Waals surface area contributed by atoms with Gasteiger partial charge in [0.2, 0.25) is 0 Å². The third kappa shape index (κ3) is 3.41. The lowest BCUT2D eigenvalue weighted by molar-refractivity contribution is 0.0869. The second-order valence-corrected chi connectivity index (χ2v) is 7.43. The largest absolute Gasteiger partial charge is 0.349 e. The van der Waals surface area contributed by atoms with Crippen molar-refractivity contribution in [3.63, 3.8) is 0 Å². The van der Waals surface area contributed by atoms with Crippen LogP contribution in [0.3, 0.4) is 0 Å². The number of hydrogen-bond acceptors (Lipinski definition) is 1. The van der Waals surface area contributed by atoms with Crippen molar-refractivity contribution in [2.45, 2.75) is 46.1 Å². The summed E-state index contributed by atoms with van der Waals surface area (Å²) >= 11 is 0. The summed E-state index contributed by atoms with van der Waals surface area (Å²) in [6.07, 6.45) is 3.60. The van der Waals surface area contributed by atoms with E-state index in [1.165, 1.54) is 12.8 Å². The monoisotopic (exact) mass is 309 g/mol. The van der Waals surface area contributed by atoms with Gasteiger partial charge >= 0.3 is 0 Å². The van der Waals surface area contributed by atoms with Crippen molar-refractivity contribution in [2.75, 3.05) is 0 Å². The van der Waals surface area contributed by atoms with Crippen molar-refractivity contribution in [2.24, 2.45) is 17.8 Å². The summed E-state index contributed by atoms with van der Waals surface area (Å²) in [6, 6.07) is 14.4. The van der Waals surface area contributed by atoms with Gasteiger partial charge in [-0.15, -0.1) is 0 Å². The van der Waals surface area contributed by atoms with Crippen LogP contribution in [0.2, 0.25) is 0 Å². The highest BCUT2D eigenvalue weighted by Gasteiger charge is 2.32. The maximum Gasteiger partial charge on any atom is 0.252 e. The third-order valence-corrected chi connectivity index (χ3v) is 5.37. The van der Waals surface area contributed by atoms with Gasteiger partial charge in [-0.3, -0.25) is 4.79 Å². The highest BCUT2D eigenvalue weighted by molar-refractivity contribution is 6.07. The predicted molar refractivity (Wildman–Crippen MR) is 96.5 cm³/mol. The average Bonchev–Trinajstić information content (AvgIpc) is 2.54. The Morgan fingerprint density at radius 2 is 1.83 bits per heavy atom. The molecular weight excluding hydrogens is 282 g/mol. The molecule has 2 aromatic carbocycles. The van der Waals surface area contributed by atoms with E-state index < -0.39 is 0 Å². The molecule has 0 spiro atoms. The van der Waals surface area contributed by atoms with Gasteiger partial charge in [0.1, 0.15) is 0 Å². The van der Waals surface area contributed by atoms with Gasteiger partial charge in [-0.2, -0.15) is 0 Å². The van der Waals surface area contributed by atoms with Crippen molar-refractivity contribution < 1.29 is 4.79 Å². The Morgan fingerprint density at radius 1 is 1.09 bits per heavy atom. The second-order valence-electron chi connectivity index (χ2n) is 7.43. The first-order valence-electron chi connectivity index (χ1n) is 8.85. The van der Waals surface area contributed by atoms with E-state index in [9.17, 15) is 4.79 Å². The molecule has 2 aromatic rings. The maximum absolute atomic E-state index is 12.9. The molecular formula is C21H27NO. The molecule has 122 valence electrons. The van der Waals surface area contributed by atoms with Gasteiger partial charge in [0, 0.05) is 11.6 Å². The van der Waals surface area contributed by atoms with E-state index in [2.05, 4.69) is 38.2 Å². The molecule has 1 N–H and O–H groups in total. The van der Waals surface area contributed by atoms with Crippen LogP contribution in [0.25, 0.3) is 10.8 Å². The number of rotatable bonds is 3. The zero-order chi connectivity index (χ0) is 16.4. The molecule has 3 atom stereocenters. The van der Waals surface area contributed by atoms with Gasteiger partial charge < -0.3 is 5.32 Å². The van der Waals surface area contributed by atoms with Crippen LogP contribution in [-0.2, 0) is 0 Å².